The average molecular weight is 320 g/mol. The number of nitrogens with one attached hydrogen (secondary N) is 1. The van der Waals surface area contributed by atoms with Gasteiger partial charge in [-0.25, -0.2) is 9.78 Å². The van der Waals surface area contributed by atoms with Crippen molar-refractivity contribution in [3.05, 3.63) is 29.9 Å². The van der Waals surface area contributed by atoms with Gasteiger partial charge in [0, 0.05) is 0 Å². The highest BCUT2D eigenvalue weighted by molar-refractivity contribution is 5.84. The zero-order valence-corrected chi connectivity index (χ0v) is 13.3. The van der Waals surface area contributed by atoms with Crippen LogP contribution in [0.5, 0.6) is 0 Å². The second kappa shape index (κ2) is 7.13. The van der Waals surface area contributed by atoms with E-state index in [2.05, 4.69) is 10.3 Å². The molecule has 0 aliphatic rings. The summed E-state index contributed by atoms with van der Waals surface area (Å²) in [5.41, 5.74) is 0.461. The molecule has 0 aromatic carbocycles. The van der Waals surface area contributed by atoms with Gasteiger partial charge in [0.05, 0.1) is 18.4 Å². The summed E-state index contributed by atoms with van der Waals surface area (Å²) in [7, 11) is 0. The number of aliphatic carboxylic acids is 1. The van der Waals surface area contributed by atoms with Crippen LogP contribution >= 0.6 is 0 Å². The highest BCUT2D eigenvalue weighted by atomic mass is 16.4. The number of oxazole rings is 1. The Bertz CT molecular complexity index is 673. The molecule has 1 atom stereocenters. The fourth-order valence-corrected chi connectivity index (χ4v) is 2.19. The molecule has 2 rings (SSSR count). The number of carbonyl (C=O) groups is 2. The van der Waals surface area contributed by atoms with Crippen LogP contribution in [0.4, 0.5) is 0 Å². The first-order valence-electron chi connectivity index (χ1n) is 7.39. The third-order valence-corrected chi connectivity index (χ3v) is 3.29. The summed E-state index contributed by atoms with van der Waals surface area (Å²) >= 11 is 0. The molecule has 2 heterocycles. The van der Waals surface area contributed by atoms with E-state index in [4.69, 9.17) is 13.9 Å². The van der Waals surface area contributed by atoms with E-state index in [1.165, 1.54) is 6.26 Å². The third-order valence-electron chi connectivity index (χ3n) is 3.29. The van der Waals surface area contributed by atoms with Gasteiger partial charge in [-0.3, -0.25) is 4.79 Å². The van der Waals surface area contributed by atoms with Crippen molar-refractivity contribution < 1.29 is 23.5 Å². The molecule has 2 aromatic rings. The van der Waals surface area contributed by atoms with E-state index in [9.17, 15) is 9.59 Å². The van der Waals surface area contributed by atoms with E-state index >= 15 is 0 Å². The van der Waals surface area contributed by atoms with E-state index in [-0.39, 0.29) is 12.3 Å². The van der Waals surface area contributed by atoms with Crippen LogP contribution in [0.25, 0.3) is 11.7 Å². The van der Waals surface area contributed by atoms with Crippen LogP contribution < -0.4 is 5.32 Å². The highest BCUT2D eigenvalue weighted by Crippen LogP contribution is 2.22. The van der Waals surface area contributed by atoms with Gasteiger partial charge >= 0.3 is 5.97 Å². The first-order chi connectivity index (χ1) is 10.9. The van der Waals surface area contributed by atoms with E-state index in [1.807, 2.05) is 13.8 Å². The Hall–Kier alpha value is -2.57. The van der Waals surface area contributed by atoms with E-state index in [0.29, 0.717) is 29.5 Å². The molecule has 2 aromatic heterocycles. The standard InChI is InChI=1S/C16H20N2O5/c1-9(2)7-12(16(20)21)17-14(19)8-11-10(3)23-15(18-11)13-5-4-6-22-13/h4-6,9,12H,7-8H2,1-3H3,(H,17,19)(H,20,21)/t12-/m0/s1. The molecule has 0 bridgehead atoms. The molecule has 0 saturated carbocycles. The molecule has 1 amide bonds. The maximum atomic E-state index is 12.1. The molecule has 0 fully saturated rings. The molecular formula is C16H20N2O5. The van der Waals surface area contributed by atoms with Crippen LogP contribution in [0, 0.1) is 12.8 Å². The van der Waals surface area contributed by atoms with E-state index in [0.717, 1.165) is 0 Å². The minimum absolute atomic E-state index is 0.0437. The fraction of sp³-hybridized carbons (Fsp3) is 0.438. The van der Waals surface area contributed by atoms with Crippen LogP contribution in [0.2, 0.25) is 0 Å². The highest BCUT2D eigenvalue weighted by Gasteiger charge is 2.23. The number of nitrogens with zero attached hydrogens (tertiary/aromatic N) is 1. The Morgan fingerprint density at radius 2 is 2.13 bits per heavy atom. The van der Waals surface area contributed by atoms with Crippen molar-refractivity contribution in [2.75, 3.05) is 0 Å². The zero-order chi connectivity index (χ0) is 17.0. The topological polar surface area (TPSA) is 106 Å². The molecular weight excluding hydrogens is 300 g/mol. The lowest BCUT2D eigenvalue weighted by Gasteiger charge is -2.16. The number of carboxylic acid groups (broad SMARTS) is 1. The van der Waals surface area contributed by atoms with Gasteiger partial charge in [0.15, 0.2) is 5.76 Å². The lowest BCUT2D eigenvalue weighted by atomic mass is 10.0. The molecule has 0 unspecified atom stereocenters. The number of rotatable bonds is 7. The molecule has 124 valence electrons. The van der Waals surface area contributed by atoms with Crippen molar-refractivity contribution in [1.29, 1.82) is 0 Å². The number of hydrogen-bond donors (Lipinski definition) is 2. The zero-order valence-electron chi connectivity index (χ0n) is 13.3. The third kappa shape index (κ3) is 4.45. The van der Waals surface area contributed by atoms with E-state index < -0.39 is 17.9 Å². The maximum absolute atomic E-state index is 12.1. The second-order valence-electron chi connectivity index (χ2n) is 5.76. The monoisotopic (exact) mass is 320 g/mol. The molecule has 7 nitrogen and oxygen atoms in total. The molecule has 0 spiro atoms. The van der Waals surface area contributed by atoms with Gasteiger partial charge in [-0.15, -0.1) is 0 Å². The molecule has 23 heavy (non-hydrogen) atoms. The number of carbonyl (C=O) groups excluding carboxylic acids is 1. The summed E-state index contributed by atoms with van der Waals surface area (Å²) in [6.07, 6.45) is 1.83. The molecule has 2 N–H and O–H groups in total. The first-order valence-corrected chi connectivity index (χ1v) is 7.39. The Morgan fingerprint density at radius 1 is 1.39 bits per heavy atom. The van der Waals surface area contributed by atoms with Crippen molar-refractivity contribution in [3.63, 3.8) is 0 Å². The van der Waals surface area contributed by atoms with E-state index in [1.54, 1.807) is 19.1 Å². The van der Waals surface area contributed by atoms with Gasteiger partial charge < -0.3 is 19.3 Å². The number of aryl methyl sites for hydroxylation is 1. The van der Waals surface area contributed by atoms with Gasteiger partial charge in [-0.2, -0.15) is 0 Å². The van der Waals surface area contributed by atoms with Gasteiger partial charge in [0.1, 0.15) is 11.8 Å². The molecule has 0 radical (unpaired) electrons. The molecule has 0 saturated heterocycles. The minimum Gasteiger partial charge on any atom is -0.480 e. The van der Waals surface area contributed by atoms with Crippen molar-refractivity contribution in [1.82, 2.24) is 10.3 Å². The Kier molecular flexibility index (Phi) is 5.20. The predicted molar refractivity (Wildman–Crippen MR) is 81.7 cm³/mol. The summed E-state index contributed by atoms with van der Waals surface area (Å²) in [6.45, 7) is 5.50. The molecule has 0 aliphatic carbocycles. The lowest BCUT2D eigenvalue weighted by molar-refractivity contribution is -0.142. The fourth-order valence-electron chi connectivity index (χ4n) is 2.19. The van der Waals surface area contributed by atoms with Crippen LogP contribution in [0.15, 0.2) is 27.2 Å². The van der Waals surface area contributed by atoms with Crippen molar-refractivity contribution in [2.45, 2.75) is 39.7 Å². The predicted octanol–water partition coefficient (Wildman–Crippen LogP) is 2.40. The summed E-state index contributed by atoms with van der Waals surface area (Å²) in [5, 5.41) is 11.7. The number of carboxylic acids is 1. The molecule has 0 aliphatic heterocycles. The summed E-state index contributed by atoms with van der Waals surface area (Å²) in [4.78, 5) is 27.5. The average Bonchev–Trinajstić information content (AvgIpc) is 3.08. The van der Waals surface area contributed by atoms with Gasteiger partial charge in [0.2, 0.25) is 5.91 Å². The first kappa shape index (κ1) is 16.8. The Morgan fingerprint density at radius 3 is 2.70 bits per heavy atom. The summed E-state index contributed by atoms with van der Waals surface area (Å²) < 4.78 is 10.7. The van der Waals surface area contributed by atoms with Crippen molar-refractivity contribution in [2.24, 2.45) is 5.92 Å². The summed E-state index contributed by atoms with van der Waals surface area (Å²) in [6, 6.07) is 2.52. The van der Waals surface area contributed by atoms with Crippen LogP contribution in [-0.2, 0) is 16.0 Å². The number of hydrogen-bond acceptors (Lipinski definition) is 5. The van der Waals surface area contributed by atoms with Gasteiger partial charge in [-0.1, -0.05) is 13.8 Å². The number of amides is 1. The van der Waals surface area contributed by atoms with Gasteiger partial charge in [-0.05, 0) is 31.4 Å². The number of furan rings is 1. The maximum Gasteiger partial charge on any atom is 0.326 e. The SMILES string of the molecule is Cc1oc(-c2ccco2)nc1CC(=O)N[C@@H](CC(C)C)C(=O)O. The summed E-state index contributed by atoms with van der Waals surface area (Å²) in [5.74, 6) is -0.00564. The van der Waals surface area contributed by atoms with Crippen molar-refractivity contribution >= 4 is 11.9 Å². The Balaban J connectivity index is 2.04. The van der Waals surface area contributed by atoms with Crippen LogP contribution in [-0.4, -0.2) is 28.0 Å². The minimum atomic E-state index is -1.04. The quantitative estimate of drug-likeness (QED) is 0.811. The van der Waals surface area contributed by atoms with Crippen LogP contribution in [0.1, 0.15) is 31.7 Å². The van der Waals surface area contributed by atoms with Crippen LogP contribution in [0.3, 0.4) is 0 Å². The largest absolute Gasteiger partial charge is 0.480 e. The Labute approximate surface area is 133 Å². The lowest BCUT2D eigenvalue weighted by Crippen LogP contribution is -2.42. The molecule has 7 heteroatoms. The number of aromatic nitrogens is 1. The normalized spacial score (nSPS) is 12.3. The van der Waals surface area contributed by atoms with Gasteiger partial charge in [0.25, 0.3) is 5.89 Å². The van der Waals surface area contributed by atoms with Crippen molar-refractivity contribution in [3.8, 4) is 11.7 Å². The smallest absolute Gasteiger partial charge is 0.326 e. The second-order valence-corrected chi connectivity index (χ2v) is 5.76.